The third-order valence-corrected chi connectivity index (χ3v) is 0.362. The van der Waals surface area contributed by atoms with E-state index in [0.29, 0.717) is 12.1 Å². The van der Waals surface area contributed by atoms with Crippen LogP contribution in [0, 0.1) is 38.0 Å². The molecule has 0 atom stereocenters. The van der Waals surface area contributed by atoms with Crippen LogP contribution in [0.4, 0.5) is 0 Å². The van der Waals surface area contributed by atoms with Gasteiger partial charge in [-0.3, -0.25) is 0 Å². The first kappa shape index (κ1) is 9.87. The summed E-state index contributed by atoms with van der Waals surface area (Å²) in [5.41, 5.74) is 0.394. The van der Waals surface area contributed by atoms with Crippen molar-refractivity contribution in [1.82, 2.24) is 0 Å². The molecule has 0 aliphatic rings. The van der Waals surface area contributed by atoms with Gasteiger partial charge in [0, 0.05) is 0 Å². The minimum Gasteiger partial charge on any atom is -0.814 e. The van der Waals surface area contributed by atoms with Crippen LogP contribution in [-0.2, 0) is 0 Å². The number of hydrogen-bond acceptors (Lipinski definition) is 0. The molecule has 0 rings (SSSR count). The summed E-state index contributed by atoms with van der Waals surface area (Å²) in [6.07, 6.45) is 0.528. The fraction of sp³-hybridized carbons (Fsp3) is 0.500. The Hall–Kier alpha value is 0.722. The van der Waals surface area contributed by atoms with Gasteiger partial charge < -0.3 is 12.3 Å². The molecule has 0 aromatic heterocycles. The third kappa shape index (κ3) is 8.83. The van der Waals surface area contributed by atoms with Crippen molar-refractivity contribution in [2.45, 2.75) is 13.3 Å². The molecule has 0 spiro atoms. The summed E-state index contributed by atoms with van der Waals surface area (Å²) in [4.78, 5) is 0. The van der Waals surface area contributed by atoms with E-state index in [1.54, 1.807) is 6.92 Å². The SMILES string of the molecule is [CH2-]CC(C)=[N-].[U+2]. The molecule has 0 aromatic carbocycles. The molecule has 1 nitrogen and oxygen atoms in total. The van der Waals surface area contributed by atoms with Crippen LogP contribution in [0.5, 0.6) is 0 Å². The maximum absolute atomic E-state index is 8.22. The van der Waals surface area contributed by atoms with E-state index < -0.39 is 0 Å². The molecule has 0 aliphatic carbocycles. The fourth-order valence-electron chi connectivity index (χ4n) is 0. The van der Waals surface area contributed by atoms with Gasteiger partial charge in [0.25, 0.3) is 0 Å². The van der Waals surface area contributed by atoms with E-state index >= 15 is 0 Å². The van der Waals surface area contributed by atoms with Crippen LogP contribution in [0.15, 0.2) is 0 Å². The van der Waals surface area contributed by atoms with Crippen LogP contribution in [0.2, 0.25) is 0 Å². The van der Waals surface area contributed by atoms with Crippen molar-refractivity contribution in [3.05, 3.63) is 12.3 Å². The summed E-state index contributed by atoms with van der Waals surface area (Å²) in [6, 6.07) is 0. The molecule has 0 amide bonds. The summed E-state index contributed by atoms with van der Waals surface area (Å²) in [5, 5.41) is 8.22. The average Bonchev–Trinajstić information content (AvgIpc) is 1.38. The van der Waals surface area contributed by atoms with Gasteiger partial charge in [-0.15, -0.1) is 0 Å². The first-order valence-electron chi connectivity index (χ1n) is 1.58. The maximum atomic E-state index is 8.22. The number of rotatable bonds is 1. The Kier molecular flexibility index (Phi) is 9.41. The second-order valence-corrected chi connectivity index (χ2v) is 0.985. The Morgan fingerprint density at radius 3 is 2.00 bits per heavy atom. The van der Waals surface area contributed by atoms with Gasteiger partial charge in [0.1, 0.15) is 0 Å². The van der Waals surface area contributed by atoms with Crippen LogP contribution >= 0.6 is 0 Å². The third-order valence-electron chi connectivity index (χ3n) is 0.362. The number of hydrogen-bond donors (Lipinski definition) is 0. The van der Waals surface area contributed by atoms with Crippen LogP contribution in [0.1, 0.15) is 13.3 Å². The van der Waals surface area contributed by atoms with Gasteiger partial charge in [0.05, 0.1) is 0 Å². The molecule has 0 bridgehead atoms. The van der Waals surface area contributed by atoms with Crippen molar-refractivity contribution in [2.75, 3.05) is 0 Å². The molecular formula is C4H7NU. The minimum absolute atomic E-state index is 0. The van der Waals surface area contributed by atoms with Gasteiger partial charge in [0.15, 0.2) is 0 Å². The number of nitrogens with zero attached hydrogens (tertiary/aromatic N) is 1. The van der Waals surface area contributed by atoms with Gasteiger partial charge in [0.2, 0.25) is 0 Å². The molecular weight excluding hydrogens is 300 g/mol. The predicted octanol–water partition coefficient (Wildman–Crippen LogP) is 1.24. The molecule has 0 aromatic rings. The summed E-state index contributed by atoms with van der Waals surface area (Å²) >= 11 is 0. The average molecular weight is 307 g/mol. The van der Waals surface area contributed by atoms with Gasteiger partial charge in [-0.05, 0) is 0 Å². The minimum atomic E-state index is 0. The first-order chi connectivity index (χ1) is 2.27. The molecule has 0 N–H and O–H groups in total. The summed E-state index contributed by atoms with van der Waals surface area (Å²) in [7, 11) is 0. The quantitative estimate of drug-likeness (QED) is 0.514. The monoisotopic (exact) mass is 307 g/mol. The van der Waals surface area contributed by atoms with Crippen molar-refractivity contribution in [1.29, 1.82) is 0 Å². The molecule has 6 heavy (non-hydrogen) atoms. The normalized spacial score (nSPS) is 6.33. The van der Waals surface area contributed by atoms with E-state index in [1.807, 2.05) is 0 Å². The molecule has 2 heteroatoms. The van der Waals surface area contributed by atoms with Gasteiger partial charge in [-0.25, -0.2) is 5.71 Å². The molecule has 0 fully saturated rings. The Bertz CT molecular complexity index is 42.8. The molecule has 0 saturated heterocycles. The molecule has 32 valence electrons. The molecule has 0 heterocycles. The van der Waals surface area contributed by atoms with Crippen LogP contribution < -0.4 is 0 Å². The van der Waals surface area contributed by atoms with E-state index in [9.17, 15) is 0 Å². The topological polar surface area (TPSA) is 22.3 Å². The van der Waals surface area contributed by atoms with Crippen molar-refractivity contribution in [2.24, 2.45) is 0 Å². The van der Waals surface area contributed by atoms with Crippen LogP contribution in [0.25, 0.3) is 5.41 Å². The summed E-state index contributed by atoms with van der Waals surface area (Å²) < 4.78 is 0. The molecule has 0 unspecified atom stereocenters. The zero-order chi connectivity index (χ0) is 4.28. The molecule has 0 radical (unpaired) electrons. The van der Waals surface area contributed by atoms with Gasteiger partial charge >= 0.3 is 31.1 Å². The summed E-state index contributed by atoms with van der Waals surface area (Å²) in [5.74, 6) is 0. The van der Waals surface area contributed by atoms with E-state index in [-0.39, 0.29) is 31.1 Å². The second kappa shape index (κ2) is 5.72. The smallest absolute Gasteiger partial charge is 0.814 e. The van der Waals surface area contributed by atoms with Gasteiger partial charge in [-0.1, -0.05) is 6.92 Å². The Morgan fingerprint density at radius 1 is 1.83 bits per heavy atom. The van der Waals surface area contributed by atoms with Gasteiger partial charge in [-0.2, -0.15) is 6.42 Å². The van der Waals surface area contributed by atoms with Crippen molar-refractivity contribution >= 4 is 5.71 Å². The van der Waals surface area contributed by atoms with Crippen molar-refractivity contribution in [3.63, 3.8) is 0 Å². The van der Waals surface area contributed by atoms with Crippen molar-refractivity contribution in [3.8, 4) is 0 Å². The maximum Gasteiger partial charge on any atom is 2.00 e. The summed E-state index contributed by atoms with van der Waals surface area (Å²) in [6.45, 7) is 5.03. The second-order valence-electron chi connectivity index (χ2n) is 0.985. The van der Waals surface area contributed by atoms with Crippen molar-refractivity contribution < 1.29 is 31.1 Å². The van der Waals surface area contributed by atoms with E-state index in [4.69, 9.17) is 5.41 Å². The fourth-order valence-corrected chi connectivity index (χ4v) is 0. The first-order valence-corrected chi connectivity index (χ1v) is 1.58. The largest absolute Gasteiger partial charge is 2.00 e. The zero-order valence-electron chi connectivity index (χ0n) is 3.86. The Labute approximate surface area is 62.4 Å². The van der Waals surface area contributed by atoms with E-state index in [0.717, 1.165) is 0 Å². The van der Waals surface area contributed by atoms with E-state index in [2.05, 4.69) is 6.92 Å². The standard InChI is InChI=1S/C4H7N.U/c1-3-4(2)5;/h1,3H2,2H3;/q-2;+2. The Morgan fingerprint density at radius 2 is 2.00 bits per heavy atom. The van der Waals surface area contributed by atoms with Crippen LogP contribution in [0.3, 0.4) is 0 Å². The zero-order valence-corrected chi connectivity index (χ0v) is 8.03. The Balaban J connectivity index is 0. The molecule has 0 aliphatic heterocycles. The van der Waals surface area contributed by atoms with Crippen LogP contribution in [-0.4, -0.2) is 5.71 Å². The van der Waals surface area contributed by atoms with E-state index in [1.165, 1.54) is 0 Å². The molecule has 0 saturated carbocycles. The predicted molar refractivity (Wildman–Crippen MR) is 24.0 cm³/mol.